The minimum atomic E-state index is -3.74. The number of benzene rings is 3. The lowest BCUT2D eigenvalue weighted by atomic mass is 10.1. The van der Waals surface area contributed by atoms with E-state index in [2.05, 4.69) is 0 Å². The lowest BCUT2D eigenvalue weighted by Gasteiger charge is -2.08. The summed E-state index contributed by atoms with van der Waals surface area (Å²) in [6.07, 6.45) is 4.42. The van der Waals surface area contributed by atoms with Gasteiger partial charge < -0.3 is 14.2 Å². The summed E-state index contributed by atoms with van der Waals surface area (Å²) in [6.45, 7) is 2.30. The molecule has 0 aromatic heterocycles. The van der Waals surface area contributed by atoms with Gasteiger partial charge in [-0.15, -0.1) is 0 Å². The van der Waals surface area contributed by atoms with Crippen molar-refractivity contribution in [2.24, 2.45) is 0 Å². The summed E-state index contributed by atoms with van der Waals surface area (Å²) < 4.78 is 45.7. The van der Waals surface area contributed by atoms with Crippen LogP contribution in [0.2, 0.25) is 0 Å². The Labute approximate surface area is 195 Å². The van der Waals surface area contributed by atoms with Crippen LogP contribution in [0, 0.1) is 6.92 Å². The van der Waals surface area contributed by atoms with E-state index in [9.17, 15) is 8.42 Å². The van der Waals surface area contributed by atoms with Crippen molar-refractivity contribution >= 4 is 22.3 Å². The zero-order valence-electron chi connectivity index (χ0n) is 19.0. The van der Waals surface area contributed by atoms with Crippen molar-refractivity contribution in [3.63, 3.8) is 0 Å². The van der Waals surface area contributed by atoms with Crippen LogP contribution in [-0.4, -0.2) is 35.9 Å². The van der Waals surface area contributed by atoms with Crippen LogP contribution in [0.4, 0.5) is 0 Å². The Morgan fingerprint density at radius 2 is 1.33 bits per heavy atom. The molecule has 0 bridgehead atoms. The van der Waals surface area contributed by atoms with Crippen molar-refractivity contribution < 1.29 is 26.8 Å². The zero-order valence-corrected chi connectivity index (χ0v) is 19.8. The molecule has 0 aliphatic heterocycles. The fourth-order valence-electron chi connectivity index (χ4n) is 2.98. The molecule has 0 aliphatic rings. The first-order valence-electron chi connectivity index (χ1n) is 10.5. The van der Waals surface area contributed by atoms with Gasteiger partial charge in [0.2, 0.25) is 0 Å². The van der Waals surface area contributed by atoms with Gasteiger partial charge >= 0.3 is 0 Å². The maximum atomic E-state index is 12.2. The van der Waals surface area contributed by atoms with Gasteiger partial charge in [0, 0.05) is 12.5 Å². The number of ether oxygens (including phenoxy) is 3. The molecule has 174 valence electrons. The molecule has 0 spiro atoms. The van der Waals surface area contributed by atoms with Gasteiger partial charge in [0.25, 0.3) is 10.1 Å². The van der Waals surface area contributed by atoms with Crippen LogP contribution < -0.4 is 14.2 Å². The fraction of sp³-hybridized carbons (Fsp3) is 0.231. The van der Waals surface area contributed by atoms with Crippen molar-refractivity contribution in [3.8, 4) is 17.2 Å². The van der Waals surface area contributed by atoms with Crippen molar-refractivity contribution in [2.45, 2.75) is 18.2 Å². The maximum Gasteiger partial charge on any atom is 0.296 e. The van der Waals surface area contributed by atoms with Crippen LogP contribution in [-0.2, 0) is 14.3 Å². The lowest BCUT2D eigenvalue weighted by Crippen LogP contribution is -2.10. The van der Waals surface area contributed by atoms with Gasteiger partial charge in [0.15, 0.2) is 0 Å². The molecule has 0 fully saturated rings. The Bertz CT molecular complexity index is 1140. The average molecular weight is 469 g/mol. The van der Waals surface area contributed by atoms with Crippen LogP contribution >= 0.6 is 0 Å². The van der Waals surface area contributed by atoms with E-state index in [4.69, 9.17) is 18.4 Å². The van der Waals surface area contributed by atoms with Gasteiger partial charge in [-0.2, -0.15) is 8.42 Å². The Morgan fingerprint density at radius 1 is 0.727 bits per heavy atom. The van der Waals surface area contributed by atoms with E-state index < -0.39 is 10.1 Å². The second-order valence-electron chi connectivity index (χ2n) is 7.34. The first kappa shape index (κ1) is 24.4. The summed E-state index contributed by atoms with van der Waals surface area (Å²) in [4.78, 5) is 0.157. The maximum absolute atomic E-state index is 12.2. The monoisotopic (exact) mass is 468 g/mol. The predicted molar refractivity (Wildman–Crippen MR) is 129 cm³/mol. The molecule has 6 nitrogen and oxygen atoms in total. The van der Waals surface area contributed by atoms with Crippen molar-refractivity contribution in [1.82, 2.24) is 0 Å². The highest BCUT2D eigenvalue weighted by molar-refractivity contribution is 7.86. The molecular weight excluding hydrogens is 440 g/mol. The SMILES string of the molecule is COc1cc(/C=C/c2ccc(OCCCOS(=O)(=O)c3ccc(C)cc3)cc2)cc(OC)c1. The van der Waals surface area contributed by atoms with E-state index >= 15 is 0 Å². The van der Waals surface area contributed by atoms with Crippen molar-refractivity contribution in [1.29, 1.82) is 0 Å². The summed E-state index contributed by atoms with van der Waals surface area (Å²) in [5.74, 6) is 2.17. The van der Waals surface area contributed by atoms with E-state index in [-0.39, 0.29) is 11.5 Å². The van der Waals surface area contributed by atoms with E-state index in [0.29, 0.717) is 18.8 Å². The van der Waals surface area contributed by atoms with Crippen LogP contribution in [0.5, 0.6) is 17.2 Å². The first-order chi connectivity index (χ1) is 15.9. The molecule has 0 radical (unpaired) electrons. The molecule has 0 atom stereocenters. The third-order valence-electron chi connectivity index (χ3n) is 4.83. The van der Waals surface area contributed by atoms with Gasteiger partial charge in [-0.25, -0.2) is 0 Å². The molecule has 0 unspecified atom stereocenters. The highest BCUT2D eigenvalue weighted by Gasteiger charge is 2.14. The molecule has 3 aromatic carbocycles. The van der Waals surface area contributed by atoms with Gasteiger partial charge in [0.05, 0.1) is 32.3 Å². The highest BCUT2D eigenvalue weighted by Crippen LogP contribution is 2.24. The van der Waals surface area contributed by atoms with Crippen molar-refractivity contribution in [3.05, 3.63) is 83.4 Å². The first-order valence-corrected chi connectivity index (χ1v) is 11.9. The molecule has 0 aliphatic carbocycles. The average Bonchev–Trinajstić information content (AvgIpc) is 2.83. The second kappa shape index (κ2) is 11.5. The zero-order chi connectivity index (χ0) is 23.7. The third-order valence-corrected chi connectivity index (χ3v) is 6.15. The van der Waals surface area contributed by atoms with Gasteiger partial charge in [-0.05, 0) is 54.4 Å². The van der Waals surface area contributed by atoms with E-state index in [0.717, 1.165) is 28.2 Å². The van der Waals surface area contributed by atoms with Crippen molar-refractivity contribution in [2.75, 3.05) is 27.4 Å². The van der Waals surface area contributed by atoms with E-state index in [1.54, 1.807) is 38.5 Å². The number of hydrogen-bond acceptors (Lipinski definition) is 6. The molecule has 7 heteroatoms. The smallest absolute Gasteiger partial charge is 0.296 e. The normalized spacial score (nSPS) is 11.5. The Balaban J connectivity index is 1.46. The van der Waals surface area contributed by atoms with Gasteiger partial charge in [0.1, 0.15) is 17.2 Å². The van der Waals surface area contributed by atoms with E-state index in [1.165, 1.54) is 0 Å². The summed E-state index contributed by atoms with van der Waals surface area (Å²) in [5.41, 5.74) is 2.97. The largest absolute Gasteiger partial charge is 0.497 e. The summed E-state index contributed by atoms with van der Waals surface area (Å²) >= 11 is 0. The van der Waals surface area contributed by atoms with Crippen LogP contribution in [0.15, 0.2) is 71.6 Å². The molecule has 0 saturated heterocycles. The molecule has 0 saturated carbocycles. The summed E-state index contributed by atoms with van der Waals surface area (Å²) in [5, 5.41) is 0. The molecule has 0 N–H and O–H groups in total. The lowest BCUT2D eigenvalue weighted by molar-refractivity contribution is 0.250. The number of rotatable bonds is 11. The number of aryl methyl sites for hydroxylation is 1. The molecule has 3 aromatic rings. The number of methoxy groups -OCH3 is 2. The quantitative estimate of drug-likeness (QED) is 0.214. The molecule has 3 rings (SSSR count). The van der Waals surface area contributed by atoms with Crippen LogP contribution in [0.1, 0.15) is 23.1 Å². The minimum absolute atomic E-state index is 0.0566. The standard InChI is InChI=1S/C26H28O6S/c1-20-5-13-26(14-6-20)33(27,28)32-16-4-15-31-23-11-9-21(10-12-23)7-8-22-17-24(29-2)19-25(18-22)30-3/h5-14,17-19H,4,15-16H2,1-3H3/b8-7+. The van der Waals surface area contributed by atoms with Crippen LogP contribution in [0.3, 0.4) is 0 Å². The highest BCUT2D eigenvalue weighted by atomic mass is 32.2. The third kappa shape index (κ3) is 7.37. The van der Waals surface area contributed by atoms with Crippen LogP contribution in [0.25, 0.3) is 12.2 Å². The van der Waals surface area contributed by atoms with Gasteiger partial charge in [-0.3, -0.25) is 4.18 Å². The minimum Gasteiger partial charge on any atom is -0.497 e. The fourth-order valence-corrected chi connectivity index (χ4v) is 3.93. The van der Waals surface area contributed by atoms with Gasteiger partial charge in [-0.1, -0.05) is 42.0 Å². The molecular formula is C26H28O6S. The molecule has 0 amide bonds. The summed E-state index contributed by atoms with van der Waals surface area (Å²) in [6, 6.07) is 19.9. The number of hydrogen-bond donors (Lipinski definition) is 0. The predicted octanol–water partition coefficient (Wildman–Crippen LogP) is 5.36. The van der Waals surface area contributed by atoms with E-state index in [1.807, 2.05) is 61.5 Å². The molecule has 33 heavy (non-hydrogen) atoms. The molecule has 0 heterocycles. The second-order valence-corrected chi connectivity index (χ2v) is 8.95. The summed E-state index contributed by atoms with van der Waals surface area (Å²) in [7, 11) is -0.503. The Kier molecular flexibility index (Phi) is 8.52. The Hall–Kier alpha value is -3.29. The topological polar surface area (TPSA) is 71.1 Å². The Morgan fingerprint density at radius 3 is 1.94 bits per heavy atom.